The van der Waals surface area contributed by atoms with Gasteiger partial charge in [-0.25, -0.2) is 0 Å². The Hall–Kier alpha value is -0.870. The van der Waals surface area contributed by atoms with E-state index in [0.29, 0.717) is 18.2 Å². The zero-order chi connectivity index (χ0) is 11.8. The lowest BCUT2D eigenvalue weighted by molar-refractivity contribution is 0.00825. The van der Waals surface area contributed by atoms with E-state index in [1.165, 1.54) is 0 Å². The molecule has 0 aliphatic carbocycles. The number of amides is 1. The van der Waals surface area contributed by atoms with Gasteiger partial charge in [-0.05, 0) is 37.1 Å². The van der Waals surface area contributed by atoms with Gasteiger partial charge in [0.25, 0.3) is 5.91 Å². The van der Waals surface area contributed by atoms with Gasteiger partial charge in [0, 0.05) is 24.6 Å². The molecule has 2 saturated heterocycles. The molecule has 0 spiro atoms. The SMILES string of the molecule is COC1C[C@H]2CC[C@@H](C1)N2C(=O)c1ccsc1. The van der Waals surface area contributed by atoms with Crippen LogP contribution in [0.1, 0.15) is 36.0 Å². The number of carbonyl (C=O) groups excluding carboxylic acids is 1. The second-order valence-corrected chi connectivity index (χ2v) is 5.72. The molecule has 0 saturated carbocycles. The van der Waals surface area contributed by atoms with Crippen LogP contribution in [0, 0.1) is 0 Å². The molecule has 3 atom stereocenters. The highest BCUT2D eigenvalue weighted by Crippen LogP contribution is 2.37. The summed E-state index contributed by atoms with van der Waals surface area (Å²) in [5, 5.41) is 3.92. The van der Waals surface area contributed by atoms with Crippen molar-refractivity contribution in [2.75, 3.05) is 7.11 Å². The van der Waals surface area contributed by atoms with E-state index in [1.807, 2.05) is 16.8 Å². The molecule has 2 aliphatic rings. The number of thiophene rings is 1. The van der Waals surface area contributed by atoms with Crippen LogP contribution in [0.25, 0.3) is 0 Å². The van der Waals surface area contributed by atoms with Gasteiger partial charge in [0.2, 0.25) is 0 Å². The molecule has 1 amide bonds. The quantitative estimate of drug-likeness (QED) is 0.808. The predicted molar refractivity (Wildman–Crippen MR) is 67.3 cm³/mol. The molecule has 0 N–H and O–H groups in total. The molecule has 2 bridgehead atoms. The van der Waals surface area contributed by atoms with E-state index in [1.54, 1.807) is 18.4 Å². The Morgan fingerprint density at radius 1 is 1.41 bits per heavy atom. The van der Waals surface area contributed by atoms with Gasteiger partial charge in [-0.15, -0.1) is 0 Å². The highest BCUT2D eigenvalue weighted by molar-refractivity contribution is 7.08. The molecule has 92 valence electrons. The Morgan fingerprint density at radius 2 is 2.12 bits per heavy atom. The van der Waals surface area contributed by atoms with Crippen molar-refractivity contribution in [2.45, 2.75) is 43.9 Å². The van der Waals surface area contributed by atoms with Crippen molar-refractivity contribution < 1.29 is 9.53 Å². The lowest BCUT2D eigenvalue weighted by Crippen LogP contribution is -2.48. The van der Waals surface area contributed by atoms with Crippen LogP contribution in [-0.2, 0) is 4.74 Å². The van der Waals surface area contributed by atoms with Gasteiger partial charge in [0.15, 0.2) is 0 Å². The molecule has 2 fully saturated rings. The minimum absolute atomic E-state index is 0.216. The summed E-state index contributed by atoms with van der Waals surface area (Å²) in [6.07, 6.45) is 4.63. The molecular weight excluding hydrogens is 234 g/mol. The van der Waals surface area contributed by atoms with Crippen LogP contribution in [0.5, 0.6) is 0 Å². The summed E-state index contributed by atoms with van der Waals surface area (Å²) in [5.41, 5.74) is 0.850. The number of methoxy groups -OCH3 is 1. The van der Waals surface area contributed by atoms with E-state index < -0.39 is 0 Å². The minimum atomic E-state index is 0.216. The first kappa shape index (κ1) is 11.2. The van der Waals surface area contributed by atoms with Gasteiger partial charge in [0.1, 0.15) is 0 Å². The molecule has 0 aromatic carbocycles. The van der Waals surface area contributed by atoms with Crippen molar-refractivity contribution in [1.29, 1.82) is 0 Å². The molecule has 3 nitrogen and oxygen atoms in total. The summed E-state index contributed by atoms with van der Waals surface area (Å²) in [5.74, 6) is 0.216. The summed E-state index contributed by atoms with van der Waals surface area (Å²) >= 11 is 1.59. The maximum absolute atomic E-state index is 12.4. The molecular formula is C13H17NO2S. The zero-order valence-corrected chi connectivity index (χ0v) is 10.8. The second-order valence-electron chi connectivity index (χ2n) is 4.94. The zero-order valence-electron chi connectivity index (χ0n) is 9.96. The summed E-state index contributed by atoms with van der Waals surface area (Å²) in [4.78, 5) is 14.5. The first-order valence-corrected chi connectivity index (χ1v) is 7.11. The predicted octanol–water partition coefficient (Wildman–Crippen LogP) is 2.53. The third-order valence-corrected chi connectivity index (χ3v) is 4.71. The summed E-state index contributed by atoms with van der Waals surface area (Å²) in [6.45, 7) is 0. The molecule has 4 heteroatoms. The number of rotatable bonds is 2. The molecule has 3 rings (SSSR count). The molecule has 1 aromatic rings. The van der Waals surface area contributed by atoms with Gasteiger partial charge in [0.05, 0.1) is 11.7 Å². The lowest BCUT2D eigenvalue weighted by Gasteiger charge is -2.38. The van der Waals surface area contributed by atoms with Crippen molar-refractivity contribution in [3.63, 3.8) is 0 Å². The summed E-state index contributed by atoms with van der Waals surface area (Å²) in [6, 6.07) is 2.71. The van der Waals surface area contributed by atoms with Gasteiger partial charge in [-0.2, -0.15) is 11.3 Å². The van der Waals surface area contributed by atoms with Crippen LogP contribution in [0.2, 0.25) is 0 Å². The average Bonchev–Trinajstić information content (AvgIpc) is 2.95. The van der Waals surface area contributed by atoms with Crippen molar-refractivity contribution in [2.24, 2.45) is 0 Å². The Morgan fingerprint density at radius 3 is 2.65 bits per heavy atom. The van der Waals surface area contributed by atoms with E-state index in [2.05, 4.69) is 4.90 Å². The molecule has 1 unspecified atom stereocenters. The monoisotopic (exact) mass is 251 g/mol. The smallest absolute Gasteiger partial charge is 0.255 e. The third-order valence-electron chi connectivity index (χ3n) is 4.03. The standard InChI is InChI=1S/C13H17NO2S/c1-16-12-6-10-2-3-11(7-12)14(10)13(15)9-4-5-17-8-9/h4-5,8,10-12H,2-3,6-7H2,1H3/t10-,11+,12?. The number of fused-ring (bicyclic) bond motifs is 2. The van der Waals surface area contributed by atoms with E-state index in [-0.39, 0.29) is 5.91 Å². The van der Waals surface area contributed by atoms with E-state index in [0.717, 1.165) is 31.2 Å². The van der Waals surface area contributed by atoms with E-state index >= 15 is 0 Å². The summed E-state index contributed by atoms with van der Waals surface area (Å²) < 4.78 is 5.45. The fourth-order valence-corrected chi connectivity index (χ4v) is 3.82. The highest BCUT2D eigenvalue weighted by atomic mass is 32.1. The van der Waals surface area contributed by atoms with Crippen LogP contribution < -0.4 is 0 Å². The van der Waals surface area contributed by atoms with Gasteiger partial charge in [-0.3, -0.25) is 4.79 Å². The second kappa shape index (κ2) is 4.42. The number of carbonyl (C=O) groups is 1. The van der Waals surface area contributed by atoms with Crippen LogP contribution in [-0.4, -0.2) is 36.1 Å². The first-order chi connectivity index (χ1) is 8.29. The first-order valence-electron chi connectivity index (χ1n) is 6.17. The van der Waals surface area contributed by atoms with Crippen LogP contribution in [0.4, 0.5) is 0 Å². The van der Waals surface area contributed by atoms with Gasteiger partial charge in [-0.1, -0.05) is 0 Å². The van der Waals surface area contributed by atoms with E-state index in [9.17, 15) is 4.79 Å². The van der Waals surface area contributed by atoms with E-state index in [4.69, 9.17) is 4.74 Å². The van der Waals surface area contributed by atoms with Crippen LogP contribution >= 0.6 is 11.3 Å². The van der Waals surface area contributed by atoms with Gasteiger partial charge >= 0.3 is 0 Å². The van der Waals surface area contributed by atoms with Crippen molar-refractivity contribution in [3.8, 4) is 0 Å². The normalized spacial score (nSPS) is 31.8. The molecule has 0 radical (unpaired) electrons. The topological polar surface area (TPSA) is 29.5 Å². The minimum Gasteiger partial charge on any atom is -0.381 e. The Bertz CT molecular complexity index is 390. The van der Waals surface area contributed by atoms with Crippen molar-refractivity contribution in [1.82, 2.24) is 4.90 Å². The number of hydrogen-bond acceptors (Lipinski definition) is 3. The van der Waals surface area contributed by atoms with Crippen molar-refractivity contribution >= 4 is 17.2 Å². The fourth-order valence-electron chi connectivity index (χ4n) is 3.19. The molecule has 17 heavy (non-hydrogen) atoms. The largest absolute Gasteiger partial charge is 0.381 e. The average molecular weight is 251 g/mol. The maximum atomic E-state index is 12.4. The Kier molecular flexibility index (Phi) is 2.92. The number of piperidine rings is 1. The molecule has 2 aliphatic heterocycles. The number of nitrogens with zero attached hydrogens (tertiary/aromatic N) is 1. The molecule has 1 aromatic heterocycles. The fraction of sp³-hybridized carbons (Fsp3) is 0.615. The van der Waals surface area contributed by atoms with Crippen molar-refractivity contribution in [3.05, 3.63) is 22.4 Å². The van der Waals surface area contributed by atoms with Gasteiger partial charge < -0.3 is 9.64 Å². The third kappa shape index (κ3) is 1.89. The number of ether oxygens (including phenoxy) is 1. The summed E-state index contributed by atoms with van der Waals surface area (Å²) in [7, 11) is 1.78. The van der Waals surface area contributed by atoms with Crippen LogP contribution in [0.3, 0.4) is 0 Å². The lowest BCUT2D eigenvalue weighted by atomic mass is 9.99. The highest BCUT2D eigenvalue weighted by Gasteiger charge is 2.43. The Balaban J connectivity index is 1.79. The number of hydrogen-bond donors (Lipinski definition) is 0. The Labute approximate surface area is 105 Å². The maximum Gasteiger partial charge on any atom is 0.255 e. The molecule has 3 heterocycles. The van der Waals surface area contributed by atoms with Crippen LogP contribution in [0.15, 0.2) is 16.8 Å².